The van der Waals surface area contributed by atoms with Gasteiger partial charge in [-0.05, 0) is 55.1 Å². The molecule has 5 nitrogen and oxygen atoms in total. The second kappa shape index (κ2) is 7.68. The Hall–Kier alpha value is -1.70. The van der Waals surface area contributed by atoms with Crippen LogP contribution in [0.15, 0.2) is 46.7 Å². The first-order valence-electron chi connectivity index (χ1n) is 8.31. The fourth-order valence-electron chi connectivity index (χ4n) is 2.97. The van der Waals surface area contributed by atoms with Crippen LogP contribution >= 0.6 is 11.3 Å². The number of aryl methyl sites for hydroxylation is 1. The maximum atomic E-state index is 12.4. The van der Waals surface area contributed by atoms with Crippen LogP contribution in [0.3, 0.4) is 0 Å². The third kappa shape index (κ3) is 4.48. The lowest BCUT2D eigenvalue weighted by Gasteiger charge is -2.33. The molecular weight excluding hydrogens is 356 g/mol. The molecule has 1 fully saturated rings. The van der Waals surface area contributed by atoms with Gasteiger partial charge in [-0.15, -0.1) is 11.3 Å². The maximum Gasteiger partial charge on any atom is 0.241 e. The lowest BCUT2D eigenvalue weighted by atomic mass is 10.2. The monoisotopic (exact) mass is 378 g/mol. The molecule has 0 N–H and O–H groups in total. The van der Waals surface area contributed by atoms with E-state index in [2.05, 4.69) is 0 Å². The number of carbonyl (C=O) groups is 1. The Balaban J connectivity index is 1.51. The molecule has 0 atom stereocenters. The molecule has 1 aromatic heterocycles. The Kier molecular flexibility index (Phi) is 5.56. The number of piperazine rings is 1. The van der Waals surface area contributed by atoms with E-state index < -0.39 is 9.84 Å². The summed E-state index contributed by atoms with van der Waals surface area (Å²) in [7, 11) is -3.26. The number of hydrogen-bond acceptors (Lipinski definition) is 5. The Morgan fingerprint density at radius 2 is 2.00 bits per heavy atom. The first-order chi connectivity index (χ1) is 12.0. The van der Waals surface area contributed by atoms with E-state index in [-0.39, 0.29) is 11.7 Å². The molecule has 0 spiro atoms. The van der Waals surface area contributed by atoms with Crippen molar-refractivity contribution in [2.45, 2.75) is 18.2 Å². The number of nitrogens with zero attached hydrogens (tertiary/aromatic N) is 2. The fraction of sp³-hybridized carbons (Fsp3) is 0.389. The minimum absolute atomic E-state index is 0.0789. The molecule has 1 amide bonds. The topological polar surface area (TPSA) is 57.7 Å². The Morgan fingerprint density at radius 3 is 2.68 bits per heavy atom. The number of hydrogen-bond donors (Lipinski definition) is 0. The van der Waals surface area contributed by atoms with Crippen LogP contribution in [-0.2, 0) is 14.6 Å². The van der Waals surface area contributed by atoms with Crippen molar-refractivity contribution in [1.29, 1.82) is 0 Å². The first-order valence-corrected chi connectivity index (χ1v) is 10.8. The van der Waals surface area contributed by atoms with E-state index >= 15 is 0 Å². The third-order valence-electron chi connectivity index (χ3n) is 4.31. The van der Waals surface area contributed by atoms with Crippen LogP contribution < -0.4 is 4.90 Å². The van der Waals surface area contributed by atoms with E-state index in [1.165, 1.54) is 0 Å². The number of carbonyl (C=O) groups excluding carboxylic acids is 1. The quantitative estimate of drug-likeness (QED) is 0.775. The molecule has 1 aromatic carbocycles. The van der Waals surface area contributed by atoms with Gasteiger partial charge in [0.1, 0.15) is 0 Å². The van der Waals surface area contributed by atoms with Gasteiger partial charge < -0.3 is 4.90 Å². The highest BCUT2D eigenvalue weighted by atomic mass is 32.2. The van der Waals surface area contributed by atoms with Gasteiger partial charge in [-0.1, -0.05) is 12.1 Å². The summed E-state index contributed by atoms with van der Waals surface area (Å²) < 4.78 is 24.8. The highest BCUT2D eigenvalue weighted by molar-refractivity contribution is 7.91. The zero-order valence-corrected chi connectivity index (χ0v) is 15.9. The summed E-state index contributed by atoms with van der Waals surface area (Å²) in [6.07, 6.45) is 0.530. The minimum atomic E-state index is -3.26. The molecule has 2 heterocycles. The summed E-state index contributed by atoms with van der Waals surface area (Å²) in [4.78, 5) is 16.5. The van der Waals surface area contributed by atoms with Gasteiger partial charge in [0.25, 0.3) is 0 Å². The Morgan fingerprint density at radius 1 is 1.16 bits per heavy atom. The van der Waals surface area contributed by atoms with E-state index in [0.29, 0.717) is 31.0 Å². The smallest absolute Gasteiger partial charge is 0.241 e. The maximum absolute atomic E-state index is 12.4. The van der Waals surface area contributed by atoms with Gasteiger partial charge in [0.2, 0.25) is 5.91 Å². The minimum Gasteiger partial charge on any atom is -0.301 e. The molecule has 1 saturated heterocycles. The molecule has 0 saturated carbocycles. The van der Waals surface area contributed by atoms with Crippen molar-refractivity contribution in [2.24, 2.45) is 0 Å². The number of thiophene rings is 1. The summed E-state index contributed by atoms with van der Waals surface area (Å²) in [6.45, 7) is 4.28. The first kappa shape index (κ1) is 18.1. The van der Waals surface area contributed by atoms with Crippen LogP contribution in [0.4, 0.5) is 5.00 Å². The fourth-order valence-corrected chi connectivity index (χ4v) is 5.14. The van der Waals surface area contributed by atoms with Crippen molar-refractivity contribution in [3.63, 3.8) is 0 Å². The third-order valence-corrected chi connectivity index (χ3v) is 7.00. The molecule has 1 aliphatic rings. The summed E-state index contributed by atoms with van der Waals surface area (Å²) in [5.41, 5.74) is 0.941. The second-order valence-corrected chi connectivity index (χ2v) is 9.30. The summed E-state index contributed by atoms with van der Waals surface area (Å²) in [5, 5.41) is 2.94. The summed E-state index contributed by atoms with van der Waals surface area (Å²) in [6, 6.07) is 10.9. The second-order valence-electron chi connectivity index (χ2n) is 6.26. The van der Waals surface area contributed by atoms with Gasteiger partial charge in [0.15, 0.2) is 9.84 Å². The average Bonchev–Trinajstić information content (AvgIpc) is 3.09. The zero-order valence-electron chi connectivity index (χ0n) is 14.2. The molecular formula is C18H22N2O3S2. The largest absolute Gasteiger partial charge is 0.301 e. The molecule has 0 aliphatic carbocycles. The van der Waals surface area contributed by atoms with Crippen molar-refractivity contribution < 1.29 is 13.2 Å². The number of anilines is 1. The van der Waals surface area contributed by atoms with Gasteiger partial charge >= 0.3 is 0 Å². The van der Waals surface area contributed by atoms with Crippen molar-refractivity contribution in [2.75, 3.05) is 36.8 Å². The molecule has 25 heavy (non-hydrogen) atoms. The van der Waals surface area contributed by atoms with Gasteiger partial charge in [-0.2, -0.15) is 0 Å². The van der Waals surface area contributed by atoms with E-state index in [0.717, 1.165) is 17.1 Å². The molecule has 0 bridgehead atoms. The zero-order chi connectivity index (χ0) is 17.9. The van der Waals surface area contributed by atoms with Crippen LogP contribution in [0, 0.1) is 6.92 Å². The van der Waals surface area contributed by atoms with Crippen molar-refractivity contribution in [1.82, 2.24) is 4.90 Å². The highest BCUT2D eigenvalue weighted by Crippen LogP contribution is 2.23. The standard InChI is InChI=1S/C18H22N2O3S2/c1-15-5-2-6-16(13-15)25(22,23)12-4-8-19-9-10-20(17(21)14-19)18-7-3-11-24-18/h2-3,5-7,11,13H,4,8-10,12,14H2,1H3. The Bertz CT molecular complexity index is 832. The number of sulfone groups is 1. The van der Waals surface area contributed by atoms with Gasteiger partial charge in [0.05, 0.1) is 22.2 Å². The van der Waals surface area contributed by atoms with Crippen LogP contribution in [0.1, 0.15) is 12.0 Å². The molecule has 134 valence electrons. The summed E-state index contributed by atoms with van der Waals surface area (Å²) >= 11 is 1.56. The van der Waals surface area contributed by atoms with E-state index in [1.807, 2.05) is 40.3 Å². The van der Waals surface area contributed by atoms with Crippen molar-refractivity contribution >= 4 is 32.1 Å². The number of rotatable bonds is 6. The van der Waals surface area contributed by atoms with Crippen LogP contribution in [0.25, 0.3) is 0 Å². The number of amides is 1. The van der Waals surface area contributed by atoms with Crippen molar-refractivity contribution in [3.8, 4) is 0 Å². The van der Waals surface area contributed by atoms with Gasteiger partial charge in [0, 0.05) is 13.1 Å². The van der Waals surface area contributed by atoms with Gasteiger partial charge in [-0.25, -0.2) is 8.42 Å². The SMILES string of the molecule is Cc1cccc(S(=O)(=O)CCCN2CCN(c3cccs3)C(=O)C2)c1. The summed E-state index contributed by atoms with van der Waals surface area (Å²) in [5.74, 6) is 0.186. The number of benzene rings is 1. The molecule has 7 heteroatoms. The van der Waals surface area contributed by atoms with Gasteiger partial charge in [-0.3, -0.25) is 9.69 Å². The van der Waals surface area contributed by atoms with Crippen LogP contribution in [-0.4, -0.2) is 51.2 Å². The predicted molar refractivity (Wildman–Crippen MR) is 101 cm³/mol. The molecule has 0 unspecified atom stereocenters. The average molecular weight is 379 g/mol. The molecule has 3 rings (SSSR count). The highest BCUT2D eigenvalue weighted by Gasteiger charge is 2.25. The van der Waals surface area contributed by atoms with Crippen molar-refractivity contribution in [3.05, 3.63) is 47.3 Å². The molecule has 0 radical (unpaired) electrons. The predicted octanol–water partition coefficient (Wildman–Crippen LogP) is 2.57. The lowest BCUT2D eigenvalue weighted by molar-refractivity contribution is -0.121. The van der Waals surface area contributed by atoms with E-state index in [4.69, 9.17) is 0 Å². The molecule has 1 aliphatic heterocycles. The normalized spacial score (nSPS) is 16.4. The van der Waals surface area contributed by atoms with E-state index in [1.54, 1.807) is 29.5 Å². The van der Waals surface area contributed by atoms with E-state index in [9.17, 15) is 13.2 Å². The molecule has 2 aromatic rings. The van der Waals surface area contributed by atoms with Crippen LogP contribution in [0.5, 0.6) is 0 Å². The Labute approximate surface area is 152 Å². The lowest BCUT2D eigenvalue weighted by Crippen LogP contribution is -2.50. The van der Waals surface area contributed by atoms with Crippen LogP contribution in [0.2, 0.25) is 0 Å².